The number of benzene rings is 2. The van der Waals surface area contributed by atoms with Gasteiger partial charge in [0.25, 0.3) is 11.5 Å². The first kappa shape index (κ1) is 41.1. The maximum atomic E-state index is 14.6. The van der Waals surface area contributed by atoms with E-state index >= 15 is 0 Å². The minimum Gasteiger partial charge on any atom is -0.485 e. The lowest BCUT2D eigenvalue weighted by Crippen LogP contribution is -2.51. The Morgan fingerprint density at radius 2 is 1.81 bits per heavy atom. The van der Waals surface area contributed by atoms with Crippen LogP contribution in [0.25, 0.3) is 22.1 Å². The van der Waals surface area contributed by atoms with Gasteiger partial charge < -0.3 is 29.2 Å². The first-order chi connectivity index (χ1) is 29.9. The molecule has 0 atom stereocenters. The van der Waals surface area contributed by atoms with Crippen molar-refractivity contribution < 1.29 is 32.2 Å². The zero-order valence-electron chi connectivity index (χ0n) is 33.4. The molecule has 15 nitrogen and oxygen atoms in total. The van der Waals surface area contributed by atoms with Gasteiger partial charge in [-0.1, -0.05) is 48.9 Å². The highest BCUT2D eigenvalue weighted by Crippen LogP contribution is 2.35. The second kappa shape index (κ2) is 16.5. The number of fused-ring (bicyclic) bond motifs is 3. The largest absolute Gasteiger partial charge is 0.485 e. The van der Waals surface area contributed by atoms with E-state index in [1.54, 1.807) is 26.2 Å². The third kappa shape index (κ3) is 7.75. The Morgan fingerprint density at radius 1 is 1.02 bits per heavy atom. The van der Waals surface area contributed by atoms with Crippen LogP contribution in [0.4, 0.5) is 24.5 Å². The average molecular weight is 887 g/mol. The zero-order chi connectivity index (χ0) is 43.3. The summed E-state index contributed by atoms with van der Waals surface area (Å²) < 4.78 is 56.4. The highest BCUT2D eigenvalue weighted by molar-refractivity contribution is 7.15. The fraction of sp³-hybridized carbons (Fsp3) is 0.310. The van der Waals surface area contributed by atoms with E-state index in [0.29, 0.717) is 41.8 Å². The van der Waals surface area contributed by atoms with Crippen molar-refractivity contribution >= 4 is 57.6 Å². The molecule has 2 aliphatic rings. The maximum absolute atomic E-state index is 14.6. The van der Waals surface area contributed by atoms with Gasteiger partial charge in [0.05, 0.1) is 51.9 Å². The predicted octanol–water partition coefficient (Wildman–Crippen LogP) is 6.46. The summed E-state index contributed by atoms with van der Waals surface area (Å²) >= 11 is 7.67. The molecule has 0 aliphatic carbocycles. The molecule has 0 radical (unpaired) electrons. The lowest BCUT2D eigenvalue weighted by Gasteiger charge is -2.36. The van der Waals surface area contributed by atoms with Crippen molar-refractivity contribution in [3.63, 3.8) is 0 Å². The number of anilines is 2. The van der Waals surface area contributed by atoms with E-state index in [-0.39, 0.29) is 79.5 Å². The second-order valence-corrected chi connectivity index (χ2v) is 16.4. The van der Waals surface area contributed by atoms with Crippen LogP contribution >= 0.6 is 22.9 Å². The SMILES string of the molecule is CCc1c(N2CCN(C(=O)c3nc4ccnn4c(C)c3OCc3ccccc3)CC2)c(=O)n2nc(-c3cc4c(s3)COCC4)nc2n1CC(=O)Nc1ccc(C(F)(F)F)cc1Cl. The van der Waals surface area contributed by atoms with Crippen molar-refractivity contribution in [3.8, 4) is 16.5 Å². The number of ether oxygens (including phenoxy) is 2. The molecular formula is C42H38ClF3N10O5S. The summed E-state index contributed by atoms with van der Waals surface area (Å²) in [5.41, 5.74) is 2.62. The molecule has 2 aromatic carbocycles. The number of carbonyl (C=O) groups is 2. The molecule has 7 heterocycles. The third-order valence-electron chi connectivity index (χ3n) is 10.9. The van der Waals surface area contributed by atoms with E-state index in [2.05, 4.69) is 20.5 Å². The Morgan fingerprint density at radius 3 is 2.53 bits per heavy atom. The molecule has 0 unspecified atom stereocenters. The van der Waals surface area contributed by atoms with Gasteiger partial charge in [0, 0.05) is 37.1 Å². The molecule has 2 amide bonds. The van der Waals surface area contributed by atoms with Crippen molar-refractivity contribution in [1.29, 1.82) is 0 Å². The van der Waals surface area contributed by atoms with Gasteiger partial charge >= 0.3 is 6.18 Å². The second-order valence-electron chi connectivity index (χ2n) is 14.8. The van der Waals surface area contributed by atoms with Crippen LogP contribution in [0.15, 0.2) is 71.7 Å². The van der Waals surface area contributed by atoms with Crippen LogP contribution < -0.4 is 20.5 Å². The first-order valence-electron chi connectivity index (χ1n) is 19.8. The number of aryl methyl sites for hydroxylation is 1. The van der Waals surface area contributed by atoms with E-state index in [1.165, 1.54) is 15.9 Å². The number of halogens is 4. The van der Waals surface area contributed by atoms with Gasteiger partial charge in [0.2, 0.25) is 11.7 Å². The monoisotopic (exact) mass is 886 g/mol. The maximum Gasteiger partial charge on any atom is 0.416 e. The van der Waals surface area contributed by atoms with Gasteiger partial charge in [-0.3, -0.25) is 14.4 Å². The normalized spacial score (nSPS) is 14.4. The van der Waals surface area contributed by atoms with Crippen molar-refractivity contribution in [1.82, 2.24) is 38.7 Å². The summed E-state index contributed by atoms with van der Waals surface area (Å²) in [7, 11) is 0. The molecule has 0 bridgehead atoms. The molecule has 1 saturated heterocycles. The number of rotatable bonds is 10. The molecule has 0 saturated carbocycles. The molecule has 7 aromatic rings. The number of hydrogen-bond donors (Lipinski definition) is 1. The van der Waals surface area contributed by atoms with Crippen molar-refractivity contribution in [2.45, 2.75) is 52.6 Å². The topological polar surface area (TPSA) is 153 Å². The van der Waals surface area contributed by atoms with Gasteiger partial charge in [0.1, 0.15) is 18.8 Å². The smallest absolute Gasteiger partial charge is 0.416 e. The Kier molecular flexibility index (Phi) is 10.9. The van der Waals surface area contributed by atoms with Crippen molar-refractivity contribution in [3.05, 3.63) is 121 Å². The van der Waals surface area contributed by atoms with Crippen LogP contribution in [0.1, 0.15) is 50.4 Å². The highest BCUT2D eigenvalue weighted by atomic mass is 35.5. The molecule has 5 aromatic heterocycles. The number of hydrogen-bond acceptors (Lipinski definition) is 11. The van der Waals surface area contributed by atoms with Crippen LogP contribution in [0.5, 0.6) is 5.75 Å². The van der Waals surface area contributed by atoms with E-state index in [0.717, 1.165) is 45.5 Å². The van der Waals surface area contributed by atoms with Gasteiger partial charge in [-0.15, -0.1) is 16.4 Å². The van der Waals surface area contributed by atoms with Crippen LogP contribution in [0.3, 0.4) is 0 Å². The summed E-state index contributed by atoms with van der Waals surface area (Å²) in [6.45, 7) is 5.49. The number of thiophene rings is 1. The summed E-state index contributed by atoms with van der Waals surface area (Å²) in [6, 6.07) is 16.0. The Bertz CT molecular complexity index is 2900. The Hall–Kier alpha value is -6.31. The summed E-state index contributed by atoms with van der Waals surface area (Å²) in [4.78, 5) is 57.5. The Labute approximate surface area is 360 Å². The molecule has 0 spiro atoms. The molecule has 1 N–H and O–H groups in total. The van der Waals surface area contributed by atoms with E-state index in [4.69, 9.17) is 26.1 Å². The Balaban J connectivity index is 1.04. The van der Waals surface area contributed by atoms with Crippen LogP contribution in [0.2, 0.25) is 5.02 Å². The van der Waals surface area contributed by atoms with Gasteiger partial charge in [-0.25, -0.2) is 9.50 Å². The number of piperazine rings is 1. The molecule has 1 fully saturated rings. The molecule has 9 rings (SSSR count). The number of carbonyl (C=O) groups excluding carboxylic acids is 2. The summed E-state index contributed by atoms with van der Waals surface area (Å²) in [5.74, 6) is -0.248. The van der Waals surface area contributed by atoms with Crippen molar-refractivity contribution in [2.75, 3.05) is 43.0 Å². The lowest BCUT2D eigenvalue weighted by molar-refractivity contribution is -0.137. The minimum absolute atomic E-state index is 0.0139. The molecule has 62 heavy (non-hydrogen) atoms. The predicted molar refractivity (Wildman–Crippen MR) is 225 cm³/mol. The zero-order valence-corrected chi connectivity index (χ0v) is 35.0. The number of amides is 2. The standard InChI is InChI=1S/C42H38ClF3N10O5S/c1-3-30-36(52-14-16-53(17-15-52)39(58)35-37(61-22-25-7-5-4-6-8-25)24(2)55-33(49-35)11-13-47-55)40(59)56-41(50-38(51-56)31-19-26-12-18-60-23-32(26)62-31)54(30)21-34(57)48-29-10-9-27(20-28(29)43)42(44,45)46/h4-11,13,19-20H,3,12,14-18,21-23H2,1-2H3,(H,48,57). The lowest BCUT2D eigenvalue weighted by atomic mass is 10.1. The average Bonchev–Trinajstić information content (AvgIpc) is 4.04. The van der Waals surface area contributed by atoms with Crippen molar-refractivity contribution in [2.24, 2.45) is 0 Å². The molecule has 20 heteroatoms. The molecule has 2 aliphatic heterocycles. The highest BCUT2D eigenvalue weighted by Gasteiger charge is 2.33. The summed E-state index contributed by atoms with van der Waals surface area (Å²) in [5, 5.41) is 11.4. The first-order valence-corrected chi connectivity index (χ1v) is 21.0. The number of nitrogens with zero attached hydrogens (tertiary/aromatic N) is 9. The quantitative estimate of drug-likeness (QED) is 0.162. The van der Waals surface area contributed by atoms with Crippen LogP contribution in [-0.4, -0.2) is 83.3 Å². The minimum atomic E-state index is -4.62. The number of nitrogens with one attached hydrogen (secondary N) is 1. The van der Waals surface area contributed by atoms with Gasteiger partial charge in [0.15, 0.2) is 22.9 Å². The summed E-state index contributed by atoms with van der Waals surface area (Å²) in [6.07, 6.45) is -2.00. The molecular weight excluding hydrogens is 849 g/mol. The fourth-order valence-electron chi connectivity index (χ4n) is 7.82. The van der Waals surface area contributed by atoms with Gasteiger partial charge in [-0.05, 0) is 55.2 Å². The number of alkyl halides is 3. The van der Waals surface area contributed by atoms with E-state index < -0.39 is 23.2 Å². The molecule has 320 valence electrons. The van der Waals surface area contributed by atoms with E-state index in [1.807, 2.05) is 55.1 Å². The van der Waals surface area contributed by atoms with Crippen LogP contribution in [0, 0.1) is 6.92 Å². The van der Waals surface area contributed by atoms with Crippen LogP contribution in [-0.2, 0) is 48.3 Å². The van der Waals surface area contributed by atoms with E-state index in [9.17, 15) is 27.6 Å². The number of aromatic nitrogens is 7. The third-order valence-corrected chi connectivity index (χ3v) is 12.4. The fourth-order valence-corrected chi connectivity index (χ4v) is 9.13. The van der Waals surface area contributed by atoms with Gasteiger partial charge in [-0.2, -0.15) is 27.8 Å².